The number of rotatable bonds is 63. The summed E-state index contributed by atoms with van der Waals surface area (Å²) < 4.78 is 34.6. The molecule has 0 spiro atoms. The maximum absolute atomic E-state index is 12.8. The zero-order valence-corrected chi connectivity index (χ0v) is 54.7. The predicted molar refractivity (Wildman–Crippen MR) is 349 cm³/mol. The third kappa shape index (κ3) is 66.5. The average molecular weight is 1160 g/mol. The zero-order valence-electron chi connectivity index (χ0n) is 53.8. The molecule has 81 heavy (non-hydrogen) atoms. The van der Waals surface area contributed by atoms with Gasteiger partial charge in [0.15, 0.2) is 6.10 Å². The summed E-state index contributed by atoms with van der Waals surface area (Å²) in [4.78, 5) is 35.8. The van der Waals surface area contributed by atoms with Crippen LogP contribution in [-0.4, -0.2) is 74.9 Å². The van der Waals surface area contributed by atoms with Crippen molar-refractivity contribution in [1.29, 1.82) is 0 Å². The second-order valence-electron chi connectivity index (χ2n) is 24.2. The standard InChI is InChI=1S/C71H130NO8P/c1-6-8-10-12-14-16-18-20-22-24-26-28-29-30-31-32-33-34-35-36-37-38-39-40-41-42-44-45-47-49-51-53-55-57-59-61-63-70(73)77-67-69(68-79-81(75,76)78-66-65-72(3,4)5)80-71(74)64-62-60-58-56-54-52-50-48-46-43-27-25-23-21-19-17-15-13-11-9-7-2/h9,11,15,17,21,23,27,43,48,50,54,56,69H,6-8,10,12-14,16,18-20,22,24-26,28-42,44-47,49,51-53,55,57-68H2,1-5H3/p+1/b11-9-,17-15-,23-21-,43-27-,50-48-,56-54-. The molecule has 0 saturated carbocycles. The van der Waals surface area contributed by atoms with Crippen molar-refractivity contribution in [1.82, 2.24) is 0 Å². The number of hydrogen-bond acceptors (Lipinski definition) is 7. The zero-order chi connectivity index (χ0) is 59.1. The molecule has 472 valence electrons. The van der Waals surface area contributed by atoms with Crippen LogP contribution in [-0.2, 0) is 32.7 Å². The summed E-state index contributed by atoms with van der Waals surface area (Å²) in [6.45, 7) is 4.30. The Labute approximate surface area is 501 Å². The third-order valence-electron chi connectivity index (χ3n) is 15.0. The fourth-order valence-corrected chi connectivity index (χ4v) is 10.5. The number of esters is 2. The molecule has 1 N–H and O–H groups in total. The number of nitrogens with zero attached hydrogens (tertiary/aromatic N) is 1. The quantitative estimate of drug-likeness (QED) is 0.0211. The molecule has 0 aromatic rings. The van der Waals surface area contributed by atoms with Crippen molar-refractivity contribution in [3.8, 4) is 0 Å². The lowest BCUT2D eigenvalue weighted by Crippen LogP contribution is -2.37. The Morgan fingerprint density at radius 3 is 1.05 bits per heavy atom. The van der Waals surface area contributed by atoms with Gasteiger partial charge in [0.2, 0.25) is 0 Å². The molecule has 0 fully saturated rings. The highest BCUT2D eigenvalue weighted by Crippen LogP contribution is 2.43. The molecule has 0 aliphatic rings. The van der Waals surface area contributed by atoms with E-state index < -0.39 is 26.5 Å². The first-order chi connectivity index (χ1) is 39.5. The molecule has 0 heterocycles. The number of phosphoric acid groups is 1. The first-order valence-electron chi connectivity index (χ1n) is 34.2. The molecule has 0 aliphatic heterocycles. The summed E-state index contributed by atoms with van der Waals surface area (Å²) in [5, 5.41) is 0. The summed E-state index contributed by atoms with van der Waals surface area (Å²) in [5.41, 5.74) is 0. The van der Waals surface area contributed by atoms with Gasteiger partial charge in [0.1, 0.15) is 19.8 Å². The van der Waals surface area contributed by atoms with Gasteiger partial charge in [-0.2, -0.15) is 0 Å². The van der Waals surface area contributed by atoms with E-state index >= 15 is 0 Å². The lowest BCUT2D eigenvalue weighted by Gasteiger charge is -2.24. The van der Waals surface area contributed by atoms with E-state index in [1.807, 2.05) is 21.1 Å². The molecule has 0 rings (SSSR count). The molecule has 0 saturated heterocycles. The van der Waals surface area contributed by atoms with Crippen LogP contribution in [0.4, 0.5) is 0 Å². The van der Waals surface area contributed by atoms with Crippen LogP contribution in [0.2, 0.25) is 0 Å². The Kier molecular flexibility index (Phi) is 60.0. The lowest BCUT2D eigenvalue weighted by atomic mass is 10.0. The van der Waals surface area contributed by atoms with Gasteiger partial charge >= 0.3 is 19.8 Å². The minimum Gasteiger partial charge on any atom is -0.462 e. The number of quaternary nitrogens is 1. The van der Waals surface area contributed by atoms with Crippen molar-refractivity contribution in [2.75, 3.05) is 47.5 Å². The van der Waals surface area contributed by atoms with Crippen LogP contribution >= 0.6 is 7.82 Å². The van der Waals surface area contributed by atoms with Crippen molar-refractivity contribution in [2.24, 2.45) is 0 Å². The van der Waals surface area contributed by atoms with Gasteiger partial charge in [-0.25, -0.2) is 4.57 Å². The van der Waals surface area contributed by atoms with Crippen LogP contribution in [0, 0.1) is 0 Å². The maximum atomic E-state index is 12.8. The fourth-order valence-electron chi connectivity index (χ4n) is 9.79. The van der Waals surface area contributed by atoms with Gasteiger partial charge in [0.05, 0.1) is 27.7 Å². The number of ether oxygens (including phenoxy) is 2. The minimum absolute atomic E-state index is 0.0211. The molecule has 0 aromatic carbocycles. The van der Waals surface area contributed by atoms with Crippen molar-refractivity contribution in [3.05, 3.63) is 72.9 Å². The molecule has 10 heteroatoms. The number of phosphoric ester groups is 1. The summed E-state index contributed by atoms with van der Waals surface area (Å²) in [5.74, 6) is -0.840. The van der Waals surface area contributed by atoms with E-state index in [9.17, 15) is 19.0 Å². The first-order valence-corrected chi connectivity index (χ1v) is 35.7. The van der Waals surface area contributed by atoms with Crippen molar-refractivity contribution in [2.45, 2.75) is 322 Å². The van der Waals surface area contributed by atoms with Crippen LogP contribution in [0.1, 0.15) is 316 Å². The first kappa shape index (κ1) is 78.5. The normalized spacial score (nSPS) is 13.6. The highest BCUT2D eigenvalue weighted by molar-refractivity contribution is 7.47. The molecular formula is C71H131NO8P+. The Bertz CT molecular complexity index is 1600. The Balaban J connectivity index is 4.00. The lowest BCUT2D eigenvalue weighted by molar-refractivity contribution is -0.870. The number of allylic oxidation sites excluding steroid dienone is 12. The van der Waals surface area contributed by atoms with Crippen LogP contribution in [0.15, 0.2) is 72.9 Å². The van der Waals surface area contributed by atoms with Crippen LogP contribution in [0.5, 0.6) is 0 Å². The second-order valence-corrected chi connectivity index (χ2v) is 25.6. The summed E-state index contributed by atoms with van der Waals surface area (Å²) in [7, 11) is 1.45. The van der Waals surface area contributed by atoms with Gasteiger partial charge < -0.3 is 18.9 Å². The predicted octanol–water partition coefficient (Wildman–Crippen LogP) is 22.0. The van der Waals surface area contributed by atoms with Crippen molar-refractivity contribution < 1.29 is 42.1 Å². The van der Waals surface area contributed by atoms with Crippen LogP contribution < -0.4 is 0 Å². The molecule has 0 aromatic heterocycles. The topological polar surface area (TPSA) is 108 Å². The van der Waals surface area contributed by atoms with Crippen molar-refractivity contribution in [3.63, 3.8) is 0 Å². The number of carbonyl (C=O) groups is 2. The number of likely N-dealkylation sites (N-methyl/N-ethyl adjacent to an activating group) is 1. The highest BCUT2D eigenvalue weighted by atomic mass is 31.2. The fraction of sp³-hybridized carbons (Fsp3) is 0.803. The summed E-state index contributed by atoms with van der Waals surface area (Å²) in [6.07, 6.45) is 83.2. The van der Waals surface area contributed by atoms with E-state index in [2.05, 4.69) is 86.8 Å². The molecular weight excluding hydrogens is 1030 g/mol. The van der Waals surface area contributed by atoms with Gasteiger partial charge in [-0.3, -0.25) is 18.6 Å². The molecule has 0 bridgehead atoms. The maximum Gasteiger partial charge on any atom is 0.472 e. The van der Waals surface area contributed by atoms with Crippen LogP contribution in [0.3, 0.4) is 0 Å². The summed E-state index contributed by atoms with van der Waals surface area (Å²) >= 11 is 0. The largest absolute Gasteiger partial charge is 0.472 e. The number of unbranched alkanes of at least 4 members (excludes halogenated alkanes) is 37. The van der Waals surface area contributed by atoms with Crippen LogP contribution in [0.25, 0.3) is 0 Å². The molecule has 0 aliphatic carbocycles. The Hall–Kier alpha value is -2.55. The Morgan fingerprint density at radius 2 is 0.704 bits per heavy atom. The van der Waals surface area contributed by atoms with Gasteiger partial charge in [0.25, 0.3) is 0 Å². The van der Waals surface area contributed by atoms with E-state index in [0.29, 0.717) is 17.4 Å². The molecule has 0 amide bonds. The monoisotopic (exact) mass is 1160 g/mol. The Morgan fingerprint density at radius 1 is 0.395 bits per heavy atom. The van der Waals surface area contributed by atoms with E-state index in [-0.39, 0.29) is 32.0 Å². The van der Waals surface area contributed by atoms with E-state index in [4.69, 9.17) is 18.5 Å². The highest BCUT2D eigenvalue weighted by Gasteiger charge is 2.27. The van der Waals surface area contributed by atoms with Gasteiger partial charge in [-0.15, -0.1) is 0 Å². The molecule has 9 nitrogen and oxygen atoms in total. The second kappa shape index (κ2) is 62.0. The van der Waals surface area contributed by atoms with Gasteiger partial charge in [-0.1, -0.05) is 311 Å². The van der Waals surface area contributed by atoms with Crippen molar-refractivity contribution >= 4 is 19.8 Å². The van der Waals surface area contributed by atoms with E-state index in [0.717, 1.165) is 70.6 Å². The van der Waals surface area contributed by atoms with Gasteiger partial charge in [0, 0.05) is 12.8 Å². The summed E-state index contributed by atoms with van der Waals surface area (Å²) in [6, 6.07) is 0. The van der Waals surface area contributed by atoms with E-state index in [1.165, 1.54) is 212 Å². The molecule has 0 radical (unpaired) electrons. The average Bonchev–Trinajstić information content (AvgIpc) is 3.43. The minimum atomic E-state index is -4.40. The third-order valence-corrected chi connectivity index (χ3v) is 16.0. The number of hydrogen-bond donors (Lipinski definition) is 1. The van der Waals surface area contributed by atoms with E-state index in [1.54, 1.807) is 0 Å². The number of carbonyl (C=O) groups excluding carboxylic acids is 2. The smallest absolute Gasteiger partial charge is 0.462 e. The molecule has 2 atom stereocenters. The molecule has 2 unspecified atom stereocenters. The SMILES string of the molecule is CC/C=C\C/C=C\C/C=C\C/C=C\C/C=C\C/C=C\CCCCC(=O)OC(COC(=O)CCCCCCCCCCCCCCCCCCCCCCCCCCCCCCCCCCCCCC)COP(=O)(O)OCC[N+](C)(C)C. The van der Waals surface area contributed by atoms with Gasteiger partial charge in [-0.05, 0) is 64.2 Å².